The van der Waals surface area contributed by atoms with Crippen LogP contribution in [-0.2, 0) is 6.54 Å². The van der Waals surface area contributed by atoms with Gasteiger partial charge in [0.05, 0.1) is 13.1 Å². The maximum atomic E-state index is 4.56. The van der Waals surface area contributed by atoms with Crippen LogP contribution in [0.1, 0.15) is 6.92 Å². The number of aliphatic imine (C=N–C) groups is 1. The maximum absolute atomic E-state index is 4.56. The first-order valence-electron chi connectivity index (χ1n) is 7.56. The van der Waals surface area contributed by atoms with Crippen LogP contribution in [-0.4, -0.2) is 41.1 Å². The molecule has 0 saturated carbocycles. The van der Waals surface area contributed by atoms with E-state index in [0.29, 0.717) is 6.54 Å². The van der Waals surface area contributed by atoms with Gasteiger partial charge < -0.3 is 10.6 Å². The second-order valence-corrected chi connectivity index (χ2v) is 5.79. The molecule has 0 aliphatic carbocycles. The molecule has 2 N–H and O–H groups in total. The van der Waals surface area contributed by atoms with E-state index < -0.39 is 0 Å². The second kappa shape index (κ2) is 12.2. The van der Waals surface area contributed by atoms with Gasteiger partial charge in [-0.1, -0.05) is 18.2 Å². The van der Waals surface area contributed by atoms with Crippen molar-refractivity contribution >= 4 is 41.7 Å². The molecule has 5 nitrogen and oxygen atoms in total. The molecule has 0 amide bonds. The molecule has 1 aromatic heterocycles. The van der Waals surface area contributed by atoms with E-state index in [0.717, 1.165) is 31.3 Å². The van der Waals surface area contributed by atoms with Crippen LogP contribution in [0.25, 0.3) is 0 Å². The summed E-state index contributed by atoms with van der Waals surface area (Å²) < 4.78 is 1.89. The molecule has 0 bridgehead atoms. The number of nitrogens with zero attached hydrogens (tertiary/aromatic N) is 3. The van der Waals surface area contributed by atoms with E-state index in [1.165, 1.54) is 4.90 Å². The zero-order chi connectivity index (χ0) is 15.5. The monoisotopic (exact) mass is 445 g/mol. The molecule has 0 saturated heterocycles. The van der Waals surface area contributed by atoms with Gasteiger partial charge in [-0.3, -0.25) is 9.67 Å². The van der Waals surface area contributed by atoms with Crippen molar-refractivity contribution in [1.29, 1.82) is 0 Å². The molecule has 7 heteroatoms. The van der Waals surface area contributed by atoms with Crippen molar-refractivity contribution < 1.29 is 0 Å². The molecule has 0 atom stereocenters. The van der Waals surface area contributed by atoms with Gasteiger partial charge in [-0.15, -0.1) is 35.7 Å². The van der Waals surface area contributed by atoms with Gasteiger partial charge in [-0.2, -0.15) is 5.10 Å². The number of hydrogen-bond acceptors (Lipinski definition) is 3. The van der Waals surface area contributed by atoms with Crippen LogP contribution in [0, 0.1) is 0 Å². The van der Waals surface area contributed by atoms with E-state index >= 15 is 0 Å². The summed E-state index contributed by atoms with van der Waals surface area (Å²) in [7, 11) is 0. The van der Waals surface area contributed by atoms with E-state index in [9.17, 15) is 0 Å². The largest absolute Gasteiger partial charge is 0.357 e. The Bertz CT molecular complexity index is 545. The summed E-state index contributed by atoms with van der Waals surface area (Å²) >= 11 is 1.84. The smallest absolute Gasteiger partial charge is 0.191 e. The molecule has 23 heavy (non-hydrogen) atoms. The number of guanidine groups is 1. The first kappa shape index (κ1) is 19.8. The van der Waals surface area contributed by atoms with Gasteiger partial charge in [0.15, 0.2) is 5.96 Å². The Labute approximate surface area is 159 Å². The fraction of sp³-hybridized carbons (Fsp3) is 0.375. The average Bonchev–Trinajstić information content (AvgIpc) is 3.06. The molecule has 2 rings (SSSR count). The topological polar surface area (TPSA) is 54.2 Å². The summed E-state index contributed by atoms with van der Waals surface area (Å²) in [6.07, 6.45) is 3.74. The van der Waals surface area contributed by atoms with Gasteiger partial charge in [-0.25, -0.2) is 0 Å². The Hall–Kier alpha value is -1.22. The minimum absolute atomic E-state index is 0. The molecule has 0 radical (unpaired) electrons. The Morgan fingerprint density at radius 1 is 1.22 bits per heavy atom. The summed E-state index contributed by atoms with van der Waals surface area (Å²) in [6.45, 7) is 5.32. The summed E-state index contributed by atoms with van der Waals surface area (Å²) in [5.41, 5.74) is 0. The third-order valence-corrected chi connectivity index (χ3v) is 3.92. The Kier molecular flexibility index (Phi) is 10.5. The lowest BCUT2D eigenvalue weighted by Gasteiger charge is -2.11. The zero-order valence-electron chi connectivity index (χ0n) is 13.3. The summed E-state index contributed by atoms with van der Waals surface area (Å²) in [5, 5.41) is 10.8. The van der Waals surface area contributed by atoms with Crippen LogP contribution in [0.5, 0.6) is 0 Å². The van der Waals surface area contributed by atoms with Crippen LogP contribution in [0.15, 0.2) is 58.7 Å². The molecule has 126 valence electrons. The first-order chi connectivity index (χ1) is 10.9. The van der Waals surface area contributed by atoms with E-state index in [1.807, 2.05) is 34.8 Å². The summed E-state index contributed by atoms with van der Waals surface area (Å²) in [6, 6.07) is 12.4. The van der Waals surface area contributed by atoms with Gasteiger partial charge in [-0.05, 0) is 25.1 Å². The van der Waals surface area contributed by atoms with Crippen molar-refractivity contribution in [3.63, 3.8) is 0 Å². The van der Waals surface area contributed by atoms with Crippen LogP contribution in [0.2, 0.25) is 0 Å². The van der Waals surface area contributed by atoms with Crippen LogP contribution >= 0.6 is 35.7 Å². The molecule has 0 unspecified atom stereocenters. The first-order valence-corrected chi connectivity index (χ1v) is 8.54. The third kappa shape index (κ3) is 8.26. The van der Waals surface area contributed by atoms with E-state index in [1.54, 1.807) is 6.20 Å². The second-order valence-electron chi connectivity index (χ2n) is 4.62. The van der Waals surface area contributed by atoms with E-state index in [2.05, 4.69) is 51.9 Å². The van der Waals surface area contributed by atoms with Crippen molar-refractivity contribution in [2.75, 3.05) is 25.4 Å². The van der Waals surface area contributed by atoms with Crippen LogP contribution < -0.4 is 10.6 Å². The fourth-order valence-electron chi connectivity index (χ4n) is 1.89. The highest BCUT2D eigenvalue weighted by Gasteiger charge is 1.98. The Morgan fingerprint density at radius 3 is 2.74 bits per heavy atom. The molecule has 1 aromatic carbocycles. The molecule has 1 heterocycles. The summed E-state index contributed by atoms with van der Waals surface area (Å²) in [5.74, 6) is 1.87. The number of rotatable bonds is 8. The van der Waals surface area contributed by atoms with Crippen molar-refractivity contribution in [3.05, 3.63) is 48.8 Å². The van der Waals surface area contributed by atoms with Gasteiger partial charge in [0.2, 0.25) is 0 Å². The lowest BCUT2D eigenvalue weighted by atomic mass is 10.4. The van der Waals surface area contributed by atoms with Crippen molar-refractivity contribution in [2.24, 2.45) is 4.99 Å². The van der Waals surface area contributed by atoms with Gasteiger partial charge in [0, 0.05) is 36.1 Å². The highest BCUT2D eigenvalue weighted by atomic mass is 127. The predicted molar refractivity (Wildman–Crippen MR) is 109 cm³/mol. The van der Waals surface area contributed by atoms with E-state index in [-0.39, 0.29) is 24.0 Å². The Balaban J connectivity index is 0.00000264. The number of halogens is 1. The minimum atomic E-state index is 0. The quantitative estimate of drug-likeness (QED) is 0.216. The van der Waals surface area contributed by atoms with E-state index in [4.69, 9.17) is 0 Å². The minimum Gasteiger partial charge on any atom is -0.357 e. The molecular weight excluding hydrogens is 421 g/mol. The van der Waals surface area contributed by atoms with Gasteiger partial charge in [0.1, 0.15) is 0 Å². The van der Waals surface area contributed by atoms with Crippen molar-refractivity contribution in [2.45, 2.75) is 18.4 Å². The number of nitrogens with one attached hydrogen (secondary N) is 2. The van der Waals surface area contributed by atoms with Crippen molar-refractivity contribution in [1.82, 2.24) is 20.4 Å². The maximum Gasteiger partial charge on any atom is 0.191 e. The Morgan fingerprint density at radius 2 is 2.04 bits per heavy atom. The lowest BCUT2D eigenvalue weighted by molar-refractivity contribution is 0.622. The molecule has 0 fully saturated rings. The van der Waals surface area contributed by atoms with Crippen LogP contribution in [0.4, 0.5) is 0 Å². The van der Waals surface area contributed by atoms with Crippen LogP contribution in [0.3, 0.4) is 0 Å². The lowest BCUT2D eigenvalue weighted by Crippen LogP contribution is -2.38. The normalized spacial score (nSPS) is 10.9. The molecule has 0 spiro atoms. The van der Waals surface area contributed by atoms with Gasteiger partial charge in [0.25, 0.3) is 0 Å². The highest BCUT2D eigenvalue weighted by Crippen LogP contribution is 2.15. The molecular formula is C16H24IN5S. The average molecular weight is 445 g/mol. The number of hydrogen-bond donors (Lipinski definition) is 2. The molecule has 0 aliphatic rings. The standard InChI is InChI=1S/C16H23N5S.HI/c1-2-17-16(18-10-13-21-12-6-9-20-21)19-11-14-22-15-7-4-3-5-8-15;/h3-9,12H,2,10-11,13-14H2,1H3,(H2,17,18,19);1H. The predicted octanol–water partition coefficient (Wildman–Crippen LogP) is 2.85. The van der Waals surface area contributed by atoms with Gasteiger partial charge >= 0.3 is 0 Å². The summed E-state index contributed by atoms with van der Waals surface area (Å²) in [4.78, 5) is 5.85. The number of aromatic nitrogens is 2. The SMILES string of the molecule is CCNC(=NCCn1cccn1)NCCSc1ccccc1.I. The zero-order valence-corrected chi connectivity index (χ0v) is 16.5. The fourth-order valence-corrected chi connectivity index (χ4v) is 2.68. The van der Waals surface area contributed by atoms with Crippen molar-refractivity contribution in [3.8, 4) is 0 Å². The highest BCUT2D eigenvalue weighted by molar-refractivity contribution is 14.0. The number of benzene rings is 1. The molecule has 2 aromatic rings. The molecule has 0 aliphatic heterocycles. The number of thioether (sulfide) groups is 1. The third-order valence-electron chi connectivity index (χ3n) is 2.91.